The van der Waals surface area contributed by atoms with Crippen molar-refractivity contribution >= 4 is 34.7 Å². The molecule has 0 bridgehead atoms. The van der Waals surface area contributed by atoms with E-state index in [9.17, 15) is 9.59 Å². The van der Waals surface area contributed by atoms with Crippen molar-refractivity contribution in [2.45, 2.75) is 13.3 Å². The van der Waals surface area contributed by atoms with E-state index in [-0.39, 0.29) is 24.8 Å². The number of benzene rings is 2. The van der Waals surface area contributed by atoms with Crippen molar-refractivity contribution < 1.29 is 19.1 Å². The highest BCUT2D eigenvalue weighted by Gasteiger charge is 2.36. The molecule has 0 radical (unpaired) electrons. The molecule has 36 heavy (non-hydrogen) atoms. The Morgan fingerprint density at radius 2 is 1.89 bits per heavy atom. The maximum Gasteiger partial charge on any atom is 0.230 e. The lowest BCUT2D eigenvalue weighted by atomic mass is 10.1. The first-order valence-corrected chi connectivity index (χ1v) is 12.3. The second kappa shape index (κ2) is 9.82. The zero-order chi connectivity index (χ0) is 25.2. The first-order chi connectivity index (χ1) is 17.5. The largest absolute Gasteiger partial charge is 0.497 e. The first kappa shape index (κ1) is 23.6. The molecule has 0 spiro atoms. The average molecular weight is 504 g/mol. The van der Waals surface area contributed by atoms with E-state index in [2.05, 4.69) is 10.4 Å². The van der Waals surface area contributed by atoms with Crippen molar-refractivity contribution in [1.29, 1.82) is 0 Å². The standard InChI is InChI=1S/C26H25N5O4S/c1-16-12-23(31(29-16)26-27-20(15-36-26)17-8-10-19(34-2)11-9-17)28-25(33)18-13-24(32)30(14-18)21-6-4-5-7-22(21)35-3/h4-12,15,18H,13-14H2,1-3H3,(H,28,33). The molecule has 1 unspecified atom stereocenters. The number of ether oxygens (including phenoxy) is 2. The fraction of sp³-hybridized carbons (Fsp3) is 0.231. The van der Waals surface area contributed by atoms with E-state index in [4.69, 9.17) is 14.5 Å². The highest BCUT2D eigenvalue weighted by atomic mass is 32.1. The van der Waals surface area contributed by atoms with Gasteiger partial charge in [0.05, 0.1) is 37.2 Å². The van der Waals surface area contributed by atoms with E-state index in [0.29, 0.717) is 22.4 Å². The van der Waals surface area contributed by atoms with Crippen LogP contribution in [-0.2, 0) is 9.59 Å². The van der Waals surface area contributed by atoms with Crippen LogP contribution in [0.15, 0.2) is 60.0 Å². The molecule has 1 saturated heterocycles. The maximum atomic E-state index is 13.2. The Balaban J connectivity index is 1.33. The molecule has 1 fully saturated rings. The molecule has 184 valence electrons. The molecule has 1 atom stereocenters. The van der Waals surface area contributed by atoms with Gasteiger partial charge in [0.1, 0.15) is 17.3 Å². The molecular formula is C26H25N5O4S. The van der Waals surface area contributed by atoms with Crippen LogP contribution in [0.3, 0.4) is 0 Å². The van der Waals surface area contributed by atoms with Gasteiger partial charge in [-0.25, -0.2) is 4.98 Å². The Labute approximate surface area is 212 Å². The van der Waals surface area contributed by atoms with Gasteiger partial charge in [-0.2, -0.15) is 9.78 Å². The number of aryl methyl sites for hydroxylation is 1. The van der Waals surface area contributed by atoms with Crippen LogP contribution in [0.25, 0.3) is 16.4 Å². The lowest BCUT2D eigenvalue weighted by molar-refractivity contribution is -0.122. The topological polar surface area (TPSA) is 98.6 Å². The molecule has 9 nitrogen and oxygen atoms in total. The SMILES string of the molecule is COc1ccc(-c2csc(-n3nc(C)cc3NC(=O)C3CC(=O)N(c4ccccc4OC)C3)n2)cc1. The van der Waals surface area contributed by atoms with Crippen LogP contribution in [0, 0.1) is 12.8 Å². The predicted octanol–water partition coefficient (Wildman–Crippen LogP) is 4.31. The number of carbonyl (C=O) groups excluding carboxylic acids is 2. The lowest BCUT2D eigenvalue weighted by Gasteiger charge is -2.19. The van der Waals surface area contributed by atoms with Crippen molar-refractivity contribution in [2.24, 2.45) is 5.92 Å². The minimum Gasteiger partial charge on any atom is -0.497 e. The number of para-hydroxylation sites is 2. The number of hydrogen-bond acceptors (Lipinski definition) is 7. The third-order valence-corrected chi connectivity index (χ3v) is 6.83. The Hall–Kier alpha value is -4.18. The van der Waals surface area contributed by atoms with Crippen LogP contribution < -0.4 is 19.7 Å². The van der Waals surface area contributed by atoms with E-state index in [1.54, 1.807) is 35.9 Å². The van der Waals surface area contributed by atoms with Gasteiger partial charge in [0.15, 0.2) is 0 Å². The van der Waals surface area contributed by atoms with Crippen LogP contribution >= 0.6 is 11.3 Å². The third kappa shape index (κ3) is 4.55. The average Bonchev–Trinajstić information content (AvgIpc) is 3.62. The molecule has 3 heterocycles. The Bertz CT molecular complexity index is 1410. The fourth-order valence-electron chi connectivity index (χ4n) is 4.19. The van der Waals surface area contributed by atoms with Gasteiger partial charge in [-0.1, -0.05) is 12.1 Å². The second-order valence-electron chi connectivity index (χ2n) is 8.39. The maximum absolute atomic E-state index is 13.2. The minimum absolute atomic E-state index is 0.117. The van der Waals surface area contributed by atoms with Gasteiger partial charge in [0.25, 0.3) is 0 Å². The minimum atomic E-state index is -0.503. The molecular weight excluding hydrogens is 478 g/mol. The first-order valence-electron chi connectivity index (χ1n) is 11.4. The van der Waals surface area contributed by atoms with Crippen molar-refractivity contribution in [3.63, 3.8) is 0 Å². The van der Waals surface area contributed by atoms with Gasteiger partial charge in [-0.3, -0.25) is 9.59 Å². The monoisotopic (exact) mass is 503 g/mol. The zero-order valence-electron chi connectivity index (χ0n) is 20.1. The second-order valence-corrected chi connectivity index (χ2v) is 9.23. The molecule has 5 rings (SSSR count). The molecule has 1 aliphatic rings. The number of carbonyl (C=O) groups is 2. The summed E-state index contributed by atoms with van der Waals surface area (Å²) >= 11 is 1.43. The molecule has 4 aromatic rings. The molecule has 2 aromatic heterocycles. The van der Waals surface area contributed by atoms with Crippen molar-refractivity contribution in [1.82, 2.24) is 14.8 Å². The van der Waals surface area contributed by atoms with Gasteiger partial charge in [-0.05, 0) is 43.3 Å². The van der Waals surface area contributed by atoms with Gasteiger partial charge >= 0.3 is 0 Å². The smallest absolute Gasteiger partial charge is 0.230 e. The summed E-state index contributed by atoms with van der Waals surface area (Å²) in [5.74, 6) is 1.02. The number of aromatic nitrogens is 3. The summed E-state index contributed by atoms with van der Waals surface area (Å²) in [6.45, 7) is 2.13. The number of amides is 2. The van der Waals surface area contributed by atoms with Crippen molar-refractivity contribution in [3.05, 3.63) is 65.7 Å². The molecule has 2 aromatic carbocycles. The van der Waals surface area contributed by atoms with E-state index in [1.807, 2.05) is 54.8 Å². The molecule has 10 heteroatoms. The van der Waals surface area contributed by atoms with Crippen LogP contribution in [-0.4, -0.2) is 47.3 Å². The number of nitrogens with one attached hydrogen (secondary N) is 1. The van der Waals surface area contributed by atoms with Crippen LogP contribution in [0.5, 0.6) is 11.5 Å². The number of nitrogens with zero attached hydrogens (tertiary/aromatic N) is 4. The summed E-state index contributed by atoms with van der Waals surface area (Å²) in [5, 5.41) is 10.1. The molecule has 0 aliphatic carbocycles. The summed E-state index contributed by atoms with van der Waals surface area (Å²) in [6, 6.07) is 16.7. The third-order valence-electron chi connectivity index (χ3n) is 6.01. The normalized spacial score (nSPS) is 15.2. The van der Waals surface area contributed by atoms with E-state index in [1.165, 1.54) is 11.3 Å². The van der Waals surface area contributed by atoms with Crippen LogP contribution in [0.4, 0.5) is 11.5 Å². The number of methoxy groups -OCH3 is 2. The highest BCUT2D eigenvalue weighted by Crippen LogP contribution is 2.33. The van der Waals surface area contributed by atoms with Gasteiger partial charge in [-0.15, -0.1) is 11.3 Å². The van der Waals surface area contributed by atoms with Crippen molar-refractivity contribution in [3.8, 4) is 27.9 Å². The number of thiazole rings is 1. The Kier molecular flexibility index (Phi) is 6.43. The summed E-state index contributed by atoms with van der Waals surface area (Å²) in [4.78, 5) is 32.2. The lowest BCUT2D eigenvalue weighted by Crippen LogP contribution is -2.28. The molecule has 2 amide bonds. The van der Waals surface area contributed by atoms with Crippen molar-refractivity contribution in [2.75, 3.05) is 31.0 Å². The summed E-state index contributed by atoms with van der Waals surface area (Å²) in [5.41, 5.74) is 3.16. The van der Waals surface area contributed by atoms with Gasteiger partial charge in [0, 0.05) is 30.0 Å². The summed E-state index contributed by atoms with van der Waals surface area (Å²) in [6.07, 6.45) is 0.121. The van der Waals surface area contributed by atoms with E-state index >= 15 is 0 Å². The predicted molar refractivity (Wildman–Crippen MR) is 138 cm³/mol. The molecule has 1 aliphatic heterocycles. The number of anilines is 2. The van der Waals surface area contributed by atoms with Crippen LogP contribution in [0.2, 0.25) is 0 Å². The Morgan fingerprint density at radius 1 is 1.11 bits per heavy atom. The molecule has 1 N–H and O–H groups in total. The zero-order valence-corrected chi connectivity index (χ0v) is 20.9. The number of hydrogen-bond donors (Lipinski definition) is 1. The number of rotatable bonds is 7. The quantitative estimate of drug-likeness (QED) is 0.404. The summed E-state index contributed by atoms with van der Waals surface area (Å²) in [7, 11) is 3.19. The van der Waals surface area contributed by atoms with Gasteiger partial charge in [0.2, 0.25) is 16.9 Å². The molecule has 0 saturated carbocycles. The summed E-state index contributed by atoms with van der Waals surface area (Å²) < 4.78 is 12.2. The van der Waals surface area contributed by atoms with Gasteiger partial charge < -0.3 is 19.7 Å². The van der Waals surface area contributed by atoms with E-state index < -0.39 is 5.92 Å². The van der Waals surface area contributed by atoms with E-state index in [0.717, 1.165) is 22.7 Å². The van der Waals surface area contributed by atoms with Crippen LogP contribution in [0.1, 0.15) is 12.1 Å². The fourth-order valence-corrected chi connectivity index (χ4v) is 4.98. The highest BCUT2D eigenvalue weighted by molar-refractivity contribution is 7.12. The Morgan fingerprint density at radius 3 is 2.64 bits per heavy atom.